The lowest BCUT2D eigenvalue weighted by Crippen LogP contribution is -1.91. The van der Waals surface area contributed by atoms with E-state index in [0.717, 1.165) is 21.5 Å². The van der Waals surface area contributed by atoms with Gasteiger partial charge in [-0.05, 0) is 46.3 Å². The van der Waals surface area contributed by atoms with Crippen LogP contribution < -0.4 is 5.73 Å². The largest absolute Gasteiger partial charge is 0.398 e. The zero-order valence-corrected chi connectivity index (χ0v) is 10.4. The second kappa shape index (κ2) is 3.85. The van der Waals surface area contributed by atoms with Gasteiger partial charge in [0, 0.05) is 21.9 Å². The Morgan fingerprint density at radius 1 is 1.12 bits per heavy atom. The van der Waals surface area contributed by atoms with Crippen LogP contribution in [0.25, 0.3) is 17.0 Å². The molecule has 2 aromatic heterocycles. The number of halogens is 1. The fourth-order valence-electron chi connectivity index (χ4n) is 1.70. The highest BCUT2D eigenvalue weighted by Gasteiger charge is 2.08. The van der Waals surface area contributed by atoms with Gasteiger partial charge in [0.2, 0.25) is 0 Å². The number of nitrogens with two attached hydrogens (primary N) is 1. The van der Waals surface area contributed by atoms with Gasteiger partial charge < -0.3 is 5.73 Å². The van der Waals surface area contributed by atoms with Gasteiger partial charge in [-0.15, -0.1) is 10.2 Å². The van der Waals surface area contributed by atoms with E-state index in [9.17, 15) is 0 Å². The molecule has 5 heteroatoms. The lowest BCUT2D eigenvalue weighted by atomic mass is 10.2. The molecule has 0 fully saturated rings. The first-order valence-corrected chi connectivity index (χ1v) is 5.90. The van der Waals surface area contributed by atoms with Crippen LogP contribution >= 0.6 is 15.9 Å². The number of nitrogen functional groups attached to an aromatic ring is 1. The minimum absolute atomic E-state index is 0.711. The molecule has 0 spiro atoms. The summed E-state index contributed by atoms with van der Waals surface area (Å²) in [6.07, 6.45) is 1.94. The van der Waals surface area contributed by atoms with Gasteiger partial charge in [0.1, 0.15) is 0 Å². The molecular formula is C12H9BrN4. The Morgan fingerprint density at radius 2 is 2.00 bits per heavy atom. The van der Waals surface area contributed by atoms with Crippen molar-refractivity contribution in [2.24, 2.45) is 0 Å². The molecule has 0 saturated heterocycles. The standard InChI is InChI=1S/C12H9BrN4/c13-9-7-8(4-5-10(9)14)12-16-15-11-3-1-2-6-17(11)12/h1-7H,14H2. The molecule has 4 nitrogen and oxygen atoms in total. The van der Waals surface area contributed by atoms with Crippen LogP contribution in [0, 0.1) is 0 Å². The fraction of sp³-hybridized carbons (Fsp3) is 0. The maximum absolute atomic E-state index is 5.77. The van der Waals surface area contributed by atoms with E-state index in [1.54, 1.807) is 0 Å². The summed E-state index contributed by atoms with van der Waals surface area (Å²) in [5, 5.41) is 8.30. The second-order valence-corrected chi connectivity index (χ2v) is 4.54. The van der Waals surface area contributed by atoms with Crippen LogP contribution in [-0.2, 0) is 0 Å². The molecule has 0 aliphatic carbocycles. The van der Waals surface area contributed by atoms with Gasteiger partial charge in [-0.1, -0.05) is 6.07 Å². The van der Waals surface area contributed by atoms with Crippen molar-refractivity contribution in [3.63, 3.8) is 0 Å². The molecule has 3 rings (SSSR count). The Bertz CT molecular complexity index is 690. The van der Waals surface area contributed by atoms with Gasteiger partial charge in [-0.2, -0.15) is 0 Å². The predicted molar refractivity (Wildman–Crippen MR) is 70.5 cm³/mol. The molecule has 0 atom stereocenters. The van der Waals surface area contributed by atoms with Gasteiger partial charge in [0.25, 0.3) is 0 Å². The van der Waals surface area contributed by atoms with Crippen molar-refractivity contribution >= 4 is 27.3 Å². The quantitative estimate of drug-likeness (QED) is 0.701. The Hall–Kier alpha value is -1.88. The summed E-state index contributed by atoms with van der Waals surface area (Å²) >= 11 is 3.41. The van der Waals surface area contributed by atoms with E-state index < -0.39 is 0 Å². The van der Waals surface area contributed by atoms with E-state index >= 15 is 0 Å². The number of pyridine rings is 1. The van der Waals surface area contributed by atoms with Gasteiger partial charge in [-0.25, -0.2) is 0 Å². The maximum atomic E-state index is 5.77. The summed E-state index contributed by atoms with van der Waals surface area (Å²) in [5.41, 5.74) is 8.28. The van der Waals surface area contributed by atoms with E-state index in [1.165, 1.54) is 0 Å². The third-order valence-corrected chi connectivity index (χ3v) is 3.26. The highest BCUT2D eigenvalue weighted by atomic mass is 79.9. The summed E-state index contributed by atoms with van der Waals surface area (Å²) in [4.78, 5) is 0. The van der Waals surface area contributed by atoms with Crippen molar-refractivity contribution in [1.29, 1.82) is 0 Å². The van der Waals surface area contributed by atoms with E-state index in [-0.39, 0.29) is 0 Å². The normalized spacial score (nSPS) is 10.9. The highest BCUT2D eigenvalue weighted by Crippen LogP contribution is 2.26. The summed E-state index contributed by atoms with van der Waals surface area (Å²) < 4.78 is 2.81. The number of aromatic nitrogens is 3. The van der Waals surface area contributed by atoms with Crippen molar-refractivity contribution in [1.82, 2.24) is 14.6 Å². The van der Waals surface area contributed by atoms with Crippen molar-refractivity contribution < 1.29 is 0 Å². The van der Waals surface area contributed by atoms with Crippen molar-refractivity contribution in [2.45, 2.75) is 0 Å². The topological polar surface area (TPSA) is 56.2 Å². The first kappa shape index (κ1) is 10.3. The van der Waals surface area contributed by atoms with Crippen molar-refractivity contribution in [3.8, 4) is 11.4 Å². The minimum Gasteiger partial charge on any atom is -0.398 e. The van der Waals surface area contributed by atoms with Crippen LogP contribution in [0.2, 0.25) is 0 Å². The van der Waals surface area contributed by atoms with Crippen LogP contribution in [0.4, 0.5) is 5.69 Å². The number of hydrogen-bond donors (Lipinski definition) is 1. The molecule has 0 aliphatic heterocycles. The van der Waals surface area contributed by atoms with Crippen LogP contribution in [0.3, 0.4) is 0 Å². The van der Waals surface area contributed by atoms with Gasteiger partial charge >= 0.3 is 0 Å². The molecule has 0 saturated carbocycles. The first-order chi connectivity index (χ1) is 8.25. The summed E-state index contributed by atoms with van der Waals surface area (Å²) in [5.74, 6) is 0.807. The molecule has 84 valence electrons. The molecule has 0 radical (unpaired) electrons. The maximum Gasteiger partial charge on any atom is 0.168 e. The Morgan fingerprint density at radius 3 is 2.82 bits per heavy atom. The van der Waals surface area contributed by atoms with Gasteiger partial charge in [0.05, 0.1) is 0 Å². The smallest absolute Gasteiger partial charge is 0.168 e. The summed E-state index contributed by atoms with van der Waals surface area (Å²) in [6, 6.07) is 11.5. The third kappa shape index (κ3) is 1.68. The lowest BCUT2D eigenvalue weighted by molar-refractivity contribution is 1.11. The molecule has 0 aliphatic rings. The Kier molecular flexibility index (Phi) is 2.33. The molecule has 0 amide bonds. The molecule has 2 heterocycles. The summed E-state index contributed by atoms with van der Waals surface area (Å²) in [6.45, 7) is 0. The average Bonchev–Trinajstić information content (AvgIpc) is 2.76. The first-order valence-electron chi connectivity index (χ1n) is 5.11. The fourth-order valence-corrected chi connectivity index (χ4v) is 2.08. The average molecular weight is 289 g/mol. The number of nitrogens with zero attached hydrogens (tertiary/aromatic N) is 3. The van der Waals surface area contributed by atoms with Crippen molar-refractivity contribution in [2.75, 3.05) is 5.73 Å². The number of hydrogen-bond acceptors (Lipinski definition) is 3. The zero-order valence-electron chi connectivity index (χ0n) is 8.84. The molecule has 17 heavy (non-hydrogen) atoms. The van der Waals surface area contributed by atoms with Crippen LogP contribution in [-0.4, -0.2) is 14.6 Å². The number of benzene rings is 1. The van der Waals surface area contributed by atoms with E-state index in [2.05, 4.69) is 26.1 Å². The monoisotopic (exact) mass is 288 g/mol. The predicted octanol–water partition coefficient (Wildman–Crippen LogP) is 2.74. The molecule has 2 N–H and O–H groups in total. The Balaban J connectivity index is 2.24. The number of fused-ring (bicyclic) bond motifs is 1. The van der Waals surface area contributed by atoms with Crippen LogP contribution in [0.1, 0.15) is 0 Å². The van der Waals surface area contributed by atoms with Gasteiger partial charge in [0.15, 0.2) is 11.5 Å². The highest BCUT2D eigenvalue weighted by molar-refractivity contribution is 9.10. The second-order valence-electron chi connectivity index (χ2n) is 3.69. The zero-order chi connectivity index (χ0) is 11.8. The molecule has 3 aromatic rings. The van der Waals surface area contributed by atoms with E-state index in [4.69, 9.17) is 5.73 Å². The SMILES string of the molecule is Nc1ccc(-c2nnc3ccccn23)cc1Br. The molecular weight excluding hydrogens is 280 g/mol. The molecule has 0 bridgehead atoms. The van der Waals surface area contributed by atoms with Gasteiger partial charge in [-0.3, -0.25) is 4.40 Å². The number of anilines is 1. The Labute approximate surface area is 106 Å². The lowest BCUT2D eigenvalue weighted by Gasteiger charge is -2.02. The third-order valence-electron chi connectivity index (χ3n) is 2.57. The van der Waals surface area contributed by atoms with E-state index in [0.29, 0.717) is 5.69 Å². The van der Waals surface area contributed by atoms with E-state index in [1.807, 2.05) is 47.0 Å². The minimum atomic E-state index is 0.711. The number of rotatable bonds is 1. The van der Waals surface area contributed by atoms with Crippen molar-refractivity contribution in [3.05, 3.63) is 47.1 Å². The summed E-state index contributed by atoms with van der Waals surface area (Å²) in [7, 11) is 0. The van der Waals surface area contributed by atoms with Crippen LogP contribution in [0.5, 0.6) is 0 Å². The molecule has 1 aromatic carbocycles. The molecule has 0 unspecified atom stereocenters. The van der Waals surface area contributed by atoms with Crippen LogP contribution in [0.15, 0.2) is 47.1 Å².